The number of hydrogen-bond donors (Lipinski definition) is 2. The van der Waals surface area contributed by atoms with E-state index in [2.05, 4.69) is 65.5 Å². The zero-order valence-corrected chi connectivity index (χ0v) is 20.0. The number of hydrogen-bond acceptors (Lipinski definition) is 2. The molecule has 0 amide bonds. The highest BCUT2D eigenvalue weighted by atomic mass is 16.3. The monoisotopic (exact) mass is 412 g/mol. The van der Waals surface area contributed by atoms with Gasteiger partial charge in [0.15, 0.2) is 0 Å². The fraction of sp³-hybridized carbons (Fsp3) is 0.714. The molecular formula is C28H44O2. The van der Waals surface area contributed by atoms with Crippen LogP contribution < -0.4 is 0 Å². The minimum absolute atomic E-state index is 0.360. The summed E-state index contributed by atoms with van der Waals surface area (Å²) in [4.78, 5) is 0. The Bertz CT molecular complexity index is 703. The molecule has 3 aliphatic rings. The van der Waals surface area contributed by atoms with Crippen LogP contribution in [0.3, 0.4) is 0 Å². The molecule has 3 rings (SSSR count). The van der Waals surface area contributed by atoms with Gasteiger partial charge in [-0.1, -0.05) is 76.6 Å². The van der Waals surface area contributed by atoms with Crippen molar-refractivity contribution in [3.05, 3.63) is 47.6 Å². The van der Waals surface area contributed by atoms with Gasteiger partial charge in [-0.05, 0) is 85.5 Å². The molecule has 0 aromatic heterocycles. The second-order valence-electron chi connectivity index (χ2n) is 11.7. The third-order valence-electron chi connectivity index (χ3n) is 8.14. The molecule has 0 radical (unpaired) electrons. The largest absolute Gasteiger partial charge is 0.388 e. The highest BCUT2D eigenvalue weighted by Crippen LogP contribution is 2.59. The van der Waals surface area contributed by atoms with E-state index < -0.39 is 12.2 Å². The van der Waals surface area contributed by atoms with E-state index in [1.807, 2.05) is 0 Å². The lowest BCUT2D eigenvalue weighted by atomic mass is 9.61. The quantitative estimate of drug-likeness (QED) is 0.501. The maximum atomic E-state index is 10.1. The molecule has 30 heavy (non-hydrogen) atoms. The molecule has 3 fully saturated rings. The van der Waals surface area contributed by atoms with E-state index >= 15 is 0 Å². The van der Waals surface area contributed by atoms with Crippen molar-refractivity contribution in [1.29, 1.82) is 0 Å². The van der Waals surface area contributed by atoms with Gasteiger partial charge in [0, 0.05) is 0 Å². The van der Waals surface area contributed by atoms with E-state index in [9.17, 15) is 10.2 Å². The van der Waals surface area contributed by atoms with E-state index in [4.69, 9.17) is 0 Å². The lowest BCUT2D eigenvalue weighted by molar-refractivity contribution is 0.112. The second-order valence-corrected chi connectivity index (χ2v) is 11.7. The first-order valence-electron chi connectivity index (χ1n) is 12.1. The molecule has 0 saturated heterocycles. The van der Waals surface area contributed by atoms with Crippen LogP contribution in [-0.4, -0.2) is 22.4 Å². The highest BCUT2D eigenvalue weighted by molar-refractivity contribution is 5.29. The van der Waals surface area contributed by atoms with Crippen molar-refractivity contribution in [2.75, 3.05) is 0 Å². The summed E-state index contributed by atoms with van der Waals surface area (Å²) in [5, 5.41) is 20.3. The van der Waals surface area contributed by atoms with Gasteiger partial charge in [0.1, 0.15) is 0 Å². The lowest BCUT2D eigenvalue weighted by Gasteiger charge is -2.44. The fourth-order valence-corrected chi connectivity index (χ4v) is 6.34. The first-order chi connectivity index (χ1) is 14.0. The molecule has 3 aliphatic carbocycles. The molecule has 3 saturated carbocycles. The molecule has 0 aromatic rings. The van der Waals surface area contributed by atoms with Crippen LogP contribution >= 0.6 is 0 Å². The van der Waals surface area contributed by atoms with Gasteiger partial charge in [-0.25, -0.2) is 0 Å². The van der Waals surface area contributed by atoms with Crippen molar-refractivity contribution in [2.24, 2.45) is 28.6 Å². The number of aliphatic hydroxyl groups excluding tert-OH is 2. The maximum absolute atomic E-state index is 10.1. The third kappa shape index (κ3) is 5.19. The standard InChI is InChI=1S/C28H44O2/c1-19(9-7-15-27(3,4)5)23-13-14-24-22(10-8-16-28(23,24)6)12-11-21-17-25(29)20(2)26(30)18-21/h7,9,11-12,19,23-26,29-30H,2,8,10,13-18H2,1,3-6H3/b9-7+,22-12+/t19-,23+,24-,25+,26+,28+/m0/s1. The van der Waals surface area contributed by atoms with Crippen LogP contribution in [0.4, 0.5) is 0 Å². The van der Waals surface area contributed by atoms with E-state index in [0.717, 1.165) is 17.9 Å². The van der Waals surface area contributed by atoms with Gasteiger partial charge >= 0.3 is 0 Å². The molecule has 0 aliphatic heterocycles. The summed E-state index contributed by atoms with van der Waals surface area (Å²) in [6.45, 7) is 15.7. The Morgan fingerprint density at radius 1 is 1.13 bits per heavy atom. The van der Waals surface area contributed by atoms with E-state index in [1.165, 1.54) is 32.1 Å². The Hall–Kier alpha value is -1.12. The minimum atomic E-state index is -0.605. The molecule has 0 spiro atoms. The van der Waals surface area contributed by atoms with Crippen LogP contribution in [-0.2, 0) is 0 Å². The number of fused-ring (bicyclic) bond motifs is 1. The Labute approximate surface area is 184 Å². The third-order valence-corrected chi connectivity index (χ3v) is 8.14. The van der Waals surface area contributed by atoms with Gasteiger partial charge in [-0.2, -0.15) is 0 Å². The van der Waals surface area contributed by atoms with E-state index in [1.54, 1.807) is 5.57 Å². The van der Waals surface area contributed by atoms with Crippen molar-refractivity contribution in [2.45, 2.75) is 98.2 Å². The van der Waals surface area contributed by atoms with Crippen LogP contribution in [0.15, 0.2) is 47.6 Å². The molecule has 168 valence electrons. The van der Waals surface area contributed by atoms with Crippen molar-refractivity contribution < 1.29 is 10.2 Å². The fourth-order valence-electron chi connectivity index (χ4n) is 6.34. The van der Waals surface area contributed by atoms with Crippen molar-refractivity contribution in [3.63, 3.8) is 0 Å². The second kappa shape index (κ2) is 9.17. The van der Waals surface area contributed by atoms with Gasteiger partial charge in [0.25, 0.3) is 0 Å². The molecule has 0 bridgehead atoms. The van der Waals surface area contributed by atoms with Crippen molar-refractivity contribution >= 4 is 0 Å². The summed E-state index contributed by atoms with van der Waals surface area (Å²) in [5.41, 5.74) is 4.07. The van der Waals surface area contributed by atoms with Crippen molar-refractivity contribution in [3.8, 4) is 0 Å². The molecule has 6 atom stereocenters. The summed E-state index contributed by atoms with van der Waals surface area (Å²) in [6.07, 6.45) is 17.0. The molecule has 0 heterocycles. The molecule has 2 heteroatoms. The zero-order valence-electron chi connectivity index (χ0n) is 20.0. The smallest absolute Gasteiger partial charge is 0.0809 e. The molecule has 0 aromatic carbocycles. The number of rotatable bonds is 4. The summed E-state index contributed by atoms with van der Waals surface area (Å²) >= 11 is 0. The van der Waals surface area contributed by atoms with Crippen molar-refractivity contribution in [1.82, 2.24) is 0 Å². The molecule has 2 N–H and O–H groups in total. The molecule has 0 unspecified atom stereocenters. The van der Waals surface area contributed by atoms with Crippen LogP contribution in [0.5, 0.6) is 0 Å². The average molecular weight is 413 g/mol. The van der Waals surface area contributed by atoms with Gasteiger partial charge < -0.3 is 10.2 Å². The topological polar surface area (TPSA) is 40.5 Å². The van der Waals surface area contributed by atoms with Crippen LogP contribution in [0.1, 0.15) is 86.0 Å². The summed E-state index contributed by atoms with van der Waals surface area (Å²) < 4.78 is 0. The Balaban J connectivity index is 1.72. The zero-order chi connectivity index (χ0) is 22.1. The summed E-state index contributed by atoms with van der Waals surface area (Å²) in [5.74, 6) is 2.08. The van der Waals surface area contributed by atoms with Gasteiger partial charge in [0.05, 0.1) is 12.2 Å². The first kappa shape index (κ1) is 23.5. The summed E-state index contributed by atoms with van der Waals surface area (Å²) in [6, 6.07) is 0. The van der Waals surface area contributed by atoms with Crippen LogP contribution in [0, 0.1) is 28.6 Å². The summed E-state index contributed by atoms with van der Waals surface area (Å²) in [7, 11) is 0. The lowest BCUT2D eigenvalue weighted by Crippen LogP contribution is -2.35. The number of allylic oxidation sites excluding steroid dienone is 5. The van der Waals surface area contributed by atoms with Gasteiger partial charge in [0.2, 0.25) is 0 Å². The predicted molar refractivity (Wildman–Crippen MR) is 127 cm³/mol. The minimum Gasteiger partial charge on any atom is -0.388 e. The normalized spacial score (nSPS) is 37.6. The molecular weight excluding hydrogens is 368 g/mol. The Morgan fingerprint density at radius 2 is 1.80 bits per heavy atom. The first-order valence-corrected chi connectivity index (χ1v) is 12.1. The Morgan fingerprint density at radius 3 is 2.43 bits per heavy atom. The van der Waals surface area contributed by atoms with E-state index in [-0.39, 0.29) is 0 Å². The number of aliphatic hydroxyl groups is 2. The SMILES string of the molecule is C=C1[C@H](O)CC(=C/C=C2\CCC[C@]3(C)[C@@H]([C@@H](C)/C=C/CC(C)(C)C)CC[C@@H]23)C[C@H]1O. The maximum Gasteiger partial charge on any atom is 0.0809 e. The molecule has 2 nitrogen and oxygen atoms in total. The highest BCUT2D eigenvalue weighted by Gasteiger charge is 2.50. The van der Waals surface area contributed by atoms with E-state index in [0.29, 0.717) is 41.1 Å². The predicted octanol–water partition coefficient (Wildman–Crippen LogP) is 6.76. The van der Waals surface area contributed by atoms with Gasteiger partial charge in [-0.3, -0.25) is 0 Å². The van der Waals surface area contributed by atoms with Crippen LogP contribution in [0.2, 0.25) is 0 Å². The van der Waals surface area contributed by atoms with Crippen LogP contribution in [0.25, 0.3) is 0 Å². The Kier molecular flexibility index (Phi) is 7.19. The average Bonchev–Trinajstić information content (AvgIpc) is 3.00. The van der Waals surface area contributed by atoms with Gasteiger partial charge in [-0.15, -0.1) is 0 Å².